The smallest absolute Gasteiger partial charge is 0.464 e. The fraction of sp³-hybridized carbons (Fsp3) is 0.800. The van der Waals surface area contributed by atoms with Crippen LogP contribution in [0.2, 0.25) is 0 Å². The van der Waals surface area contributed by atoms with Gasteiger partial charge in [-0.05, 0) is 41.5 Å². The van der Waals surface area contributed by atoms with Gasteiger partial charge in [0.2, 0.25) is 0 Å². The summed E-state index contributed by atoms with van der Waals surface area (Å²) < 4.78 is 31.0. The van der Waals surface area contributed by atoms with E-state index >= 15 is 0 Å². The first-order valence-electron chi connectivity index (χ1n) is 8.22. The number of ether oxygens (including phenoxy) is 3. The van der Waals surface area contributed by atoms with E-state index in [1.165, 1.54) is 20.8 Å². The first-order chi connectivity index (χ1) is 11.8. The standard InChI is InChI=1S/3C5H9O3.Al/c3*1-3-8-5(7)4(2)6;/h3*4H,3H2,1-2H3;/q3*-1;+3. The van der Waals surface area contributed by atoms with Crippen LogP contribution in [-0.2, 0) is 40.0 Å². The lowest BCUT2D eigenvalue weighted by Gasteiger charge is -2.22. The predicted octanol–water partition coefficient (Wildman–Crippen LogP) is 0.876. The van der Waals surface area contributed by atoms with Gasteiger partial charge in [0.15, 0.2) is 0 Å². The first-order valence-corrected chi connectivity index (χ1v) is 9.64. The minimum atomic E-state index is -3.05. The van der Waals surface area contributed by atoms with Crippen molar-refractivity contribution in [3.8, 4) is 0 Å². The zero-order valence-electron chi connectivity index (χ0n) is 15.6. The second-order valence-electron chi connectivity index (χ2n) is 4.88. The van der Waals surface area contributed by atoms with E-state index in [-0.39, 0.29) is 19.8 Å². The molecule has 3 atom stereocenters. The van der Waals surface area contributed by atoms with Gasteiger partial charge in [-0.1, -0.05) is 0 Å². The molecule has 9 nitrogen and oxygen atoms in total. The van der Waals surface area contributed by atoms with E-state index in [2.05, 4.69) is 0 Å². The Kier molecular flexibility index (Phi) is 12.5. The van der Waals surface area contributed by atoms with E-state index in [1.54, 1.807) is 20.8 Å². The third-order valence-electron chi connectivity index (χ3n) is 2.80. The van der Waals surface area contributed by atoms with Crippen LogP contribution in [-0.4, -0.2) is 71.2 Å². The van der Waals surface area contributed by atoms with Crippen molar-refractivity contribution in [2.24, 2.45) is 0 Å². The SMILES string of the molecule is CCOC(=O)C(C)[O][Al]([O]C(C)C(=O)OCC)[O]C(C)C(=O)OCC. The van der Waals surface area contributed by atoms with Crippen LogP contribution in [0.15, 0.2) is 0 Å². The van der Waals surface area contributed by atoms with Crippen LogP contribution in [0.3, 0.4) is 0 Å². The maximum absolute atomic E-state index is 11.7. The summed E-state index contributed by atoms with van der Waals surface area (Å²) in [5.74, 6) is -1.79. The Morgan fingerprint density at radius 1 is 0.640 bits per heavy atom. The lowest BCUT2D eigenvalue weighted by atomic mass is 10.4. The lowest BCUT2D eigenvalue weighted by molar-refractivity contribution is -0.158. The fourth-order valence-electron chi connectivity index (χ4n) is 1.54. The average molecular weight is 378 g/mol. The van der Waals surface area contributed by atoms with Gasteiger partial charge in [-0.3, -0.25) is 0 Å². The Bertz CT molecular complexity index is 367. The van der Waals surface area contributed by atoms with E-state index in [1.807, 2.05) is 0 Å². The van der Waals surface area contributed by atoms with Crippen molar-refractivity contribution in [2.75, 3.05) is 19.8 Å². The quantitative estimate of drug-likeness (QED) is 0.278. The molecule has 0 N–H and O–H groups in total. The van der Waals surface area contributed by atoms with Gasteiger partial charge in [-0.25, -0.2) is 14.4 Å². The number of carbonyl (C=O) groups is 3. The first kappa shape index (κ1) is 23.8. The summed E-state index contributed by atoms with van der Waals surface area (Å²) >= 11 is -3.05. The molecule has 0 radical (unpaired) electrons. The fourth-order valence-corrected chi connectivity index (χ4v) is 3.07. The molecule has 0 spiro atoms. The number of hydrogen-bond donors (Lipinski definition) is 0. The summed E-state index contributed by atoms with van der Waals surface area (Å²) in [6, 6.07) is 0. The maximum atomic E-state index is 11.7. The van der Waals surface area contributed by atoms with E-state index < -0.39 is 51.4 Å². The van der Waals surface area contributed by atoms with Gasteiger partial charge in [-0.15, -0.1) is 0 Å². The van der Waals surface area contributed by atoms with Crippen molar-refractivity contribution in [1.82, 2.24) is 0 Å². The molecule has 0 aliphatic heterocycles. The van der Waals surface area contributed by atoms with Gasteiger partial charge in [0.25, 0.3) is 0 Å². The van der Waals surface area contributed by atoms with E-state index in [0.29, 0.717) is 0 Å². The Hall–Kier alpha value is -1.18. The summed E-state index contributed by atoms with van der Waals surface area (Å²) in [6.45, 7) is 9.98. The second-order valence-corrected chi connectivity index (χ2v) is 6.27. The molecule has 0 saturated carbocycles. The van der Waals surface area contributed by atoms with Crippen LogP contribution < -0.4 is 0 Å². The van der Waals surface area contributed by atoms with Crippen molar-refractivity contribution >= 4 is 33.1 Å². The Morgan fingerprint density at radius 2 is 0.880 bits per heavy atom. The highest BCUT2D eigenvalue weighted by atomic mass is 27.3. The largest absolute Gasteiger partial charge is 0.907 e. The van der Waals surface area contributed by atoms with Crippen molar-refractivity contribution < 1.29 is 40.0 Å². The normalized spacial score (nSPS) is 14.2. The minimum absolute atomic E-state index is 0.193. The van der Waals surface area contributed by atoms with Gasteiger partial charge < -0.3 is 25.6 Å². The van der Waals surface area contributed by atoms with Gasteiger partial charge in [0.1, 0.15) is 18.3 Å². The van der Waals surface area contributed by atoms with Crippen LogP contribution in [0.25, 0.3) is 0 Å². The van der Waals surface area contributed by atoms with Crippen molar-refractivity contribution in [3.05, 3.63) is 0 Å². The van der Waals surface area contributed by atoms with Crippen LogP contribution in [0.1, 0.15) is 41.5 Å². The summed E-state index contributed by atoms with van der Waals surface area (Å²) in [7, 11) is 0. The lowest BCUT2D eigenvalue weighted by Crippen LogP contribution is -2.43. The molecule has 25 heavy (non-hydrogen) atoms. The van der Waals surface area contributed by atoms with E-state index in [9.17, 15) is 14.4 Å². The highest BCUT2D eigenvalue weighted by Gasteiger charge is 2.42. The molecule has 0 fully saturated rings. The van der Waals surface area contributed by atoms with Crippen LogP contribution in [0.5, 0.6) is 0 Å². The molecule has 0 aromatic carbocycles. The molecular weight excluding hydrogens is 351 g/mol. The Morgan fingerprint density at radius 3 is 1.08 bits per heavy atom. The second kappa shape index (κ2) is 13.1. The molecule has 0 aromatic heterocycles. The number of hydrogen-bond acceptors (Lipinski definition) is 9. The van der Waals surface area contributed by atoms with Crippen molar-refractivity contribution in [1.29, 1.82) is 0 Å². The molecule has 0 aliphatic carbocycles. The highest BCUT2D eigenvalue weighted by molar-refractivity contribution is 6.37. The summed E-state index contributed by atoms with van der Waals surface area (Å²) in [5, 5.41) is 0. The summed E-state index contributed by atoms with van der Waals surface area (Å²) in [6.07, 6.45) is -2.92. The molecule has 0 rings (SSSR count). The molecule has 3 unspecified atom stereocenters. The monoisotopic (exact) mass is 378 g/mol. The molecule has 0 amide bonds. The van der Waals surface area contributed by atoms with Gasteiger partial charge in [-0.2, -0.15) is 0 Å². The summed E-state index contributed by atoms with van der Waals surface area (Å²) in [5.41, 5.74) is 0. The number of carbonyl (C=O) groups excluding carboxylic acids is 3. The number of esters is 3. The van der Waals surface area contributed by atoms with Gasteiger partial charge >= 0.3 is 33.1 Å². The molecule has 144 valence electrons. The molecule has 10 heteroatoms. The number of rotatable bonds is 12. The molecule has 0 saturated heterocycles. The third-order valence-corrected chi connectivity index (χ3v) is 4.69. The van der Waals surface area contributed by atoms with Crippen molar-refractivity contribution in [3.63, 3.8) is 0 Å². The highest BCUT2D eigenvalue weighted by Crippen LogP contribution is 2.09. The van der Waals surface area contributed by atoms with Gasteiger partial charge in [0, 0.05) is 0 Å². The van der Waals surface area contributed by atoms with Gasteiger partial charge in [0.05, 0.1) is 19.8 Å². The average Bonchev–Trinajstić information content (AvgIpc) is 2.55. The zero-order valence-corrected chi connectivity index (χ0v) is 16.8. The molecule has 0 aliphatic rings. The molecule has 0 bridgehead atoms. The molecular formula is C15H27AlO9. The predicted molar refractivity (Wildman–Crippen MR) is 87.3 cm³/mol. The van der Waals surface area contributed by atoms with Crippen LogP contribution in [0.4, 0.5) is 0 Å². The molecule has 0 aromatic rings. The Balaban J connectivity index is 4.93. The zero-order chi connectivity index (χ0) is 19.4. The topological polar surface area (TPSA) is 107 Å². The third kappa shape index (κ3) is 9.77. The van der Waals surface area contributed by atoms with E-state index in [4.69, 9.17) is 25.6 Å². The minimum Gasteiger partial charge on any atom is -0.464 e. The van der Waals surface area contributed by atoms with Crippen molar-refractivity contribution in [2.45, 2.75) is 59.9 Å². The van der Waals surface area contributed by atoms with Crippen LogP contribution >= 0.6 is 0 Å². The Labute approximate surface area is 153 Å². The van der Waals surface area contributed by atoms with E-state index in [0.717, 1.165) is 0 Å². The molecule has 0 heterocycles. The summed E-state index contributed by atoms with van der Waals surface area (Å²) in [4.78, 5) is 35.1. The maximum Gasteiger partial charge on any atom is 0.907 e. The van der Waals surface area contributed by atoms with Crippen LogP contribution in [0, 0.1) is 0 Å².